The molecule has 0 spiro atoms. The number of hydrogen-bond donors (Lipinski definition) is 2. The van der Waals surface area contributed by atoms with Crippen molar-refractivity contribution >= 4 is 5.91 Å². The Morgan fingerprint density at radius 2 is 2.21 bits per heavy atom. The molecule has 4 nitrogen and oxygen atoms in total. The zero-order valence-corrected chi connectivity index (χ0v) is 10.8. The van der Waals surface area contributed by atoms with Crippen molar-refractivity contribution < 1.29 is 23.4 Å². The molecule has 0 bridgehead atoms. The van der Waals surface area contributed by atoms with Gasteiger partial charge in [0.05, 0.1) is 5.60 Å². The molecule has 19 heavy (non-hydrogen) atoms. The second kappa shape index (κ2) is 6.47. The first-order valence-electron chi connectivity index (χ1n) is 5.89. The molecule has 0 saturated carbocycles. The molecule has 1 unspecified atom stereocenters. The Bertz CT molecular complexity index is 436. The van der Waals surface area contributed by atoms with Crippen molar-refractivity contribution in [3.8, 4) is 5.75 Å². The number of ether oxygens (including phenoxy) is 1. The van der Waals surface area contributed by atoms with E-state index in [4.69, 9.17) is 0 Å². The van der Waals surface area contributed by atoms with Crippen molar-refractivity contribution in [2.75, 3.05) is 6.54 Å². The minimum Gasteiger partial charge on any atom is -0.435 e. The molecule has 0 saturated heterocycles. The molecular weight excluding hydrogens is 256 g/mol. The van der Waals surface area contributed by atoms with Crippen LogP contribution < -0.4 is 10.1 Å². The van der Waals surface area contributed by atoms with E-state index in [9.17, 15) is 18.7 Å². The predicted molar refractivity (Wildman–Crippen MR) is 66.3 cm³/mol. The van der Waals surface area contributed by atoms with E-state index in [-0.39, 0.29) is 17.9 Å². The summed E-state index contributed by atoms with van der Waals surface area (Å²) in [7, 11) is 0. The summed E-state index contributed by atoms with van der Waals surface area (Å²) in [5, 5.41) is 12.3. The summed E-state index contributed by atoms with van der Waals surface area (Å²) in [4.78, 5) is 11.8. The zero-order chi connectivity index (χ0) is 14.5. The molecule has 0 radical (unpaired) electrons. The van der Waals surface area contributed by atoms with Crippen LogP contribution in [0, 0.1) is 0 Å². The number of rotatable bonds is 6. The van der Waals surface area contributed by atoms with Crippen LogP contribution in [0.2, 0.25) is 0 Å². The number of aliphatic hydroxyl groups is 1. The number of carbonyl (C=O) groups is 1. The lowest BCUT2D eigenvalue weighted by atomic mass is 10.0. The van der Waals surface area contributed by atoms with E-state index in [0.717, 1.165) is 0 Å². The third-order valence-corrected chi connectivity index (χ3v) is 2.71. The van der Waals surface area contributed by atoms with E-state index in [2.05, 4.69) is 10.1 Å². The van der Waals surface area contributed by atoms with Crippen molar-refractivity contribution in [1.29, 1.82) is 0 Å². The van der Waals surface area contributed by atoms with Crippen LogP contribution in [0.5, 0.6) is 5.75 Å². The van der Waals surface area contributed by atoms with Gasteiger partial charge in [0.15, 0.2) is 0 Å². The molecule has 0 aliphatic heterocycles. The highest BCUT2D eigenvalue weighted by Gasteiger charge is 2.19. The van der Waals surface area contributed by atoms with Crippen molar-refractivity contribution in [1.82, 2.24) is 5.32 Å². The average molecular weight is 273 g/mol. The van der Waals surface area contributed by atoms with Gasteiger partial charge in [-0.3, -0.25) is 4.79 Å². The zero-order valence-electron chi connectivity index (χ0n) is 10.8. The van der Waals surface area contributed by atoms with Crippen LogP contribution in [0.25, 0.3) is 0 Å². The van der Waals surface area contributed by atoms with Crippen molar-refractivity contribution in [3.63, 3.8) is 0 Å². The summed E-state index contributed by atoms with van der Waals surface area (Å²) in [5.41, 5.74) is -0.794. The van der Waals surface area contributed by atoms with Gasteiger partial charge in [0.25, 0.3) is 5.91 Å². The smallest absolute Gasteiger partial charge is 0.387 e. The molecule has 0 heterocycles. The van der Waals surface area contributed by atoms with E-state index in [1.807, 2.05) is 0 Å². The number of nitrogens with one attached hydrogen (secondary N) is 1. The lowest BCUT2D eigenvalue weighted by molar-refractivity contribution is -0.0498. The van der Waals surface area contributed by atoms with Gasteiger partial charge in [0.2, 0.25) is 0 Å². The molecule has 0 aliphatic carbocycles. The highest BCUT2D eigenvalue weighted by molar-refractivity contribution is 5.94. The minimum absolute atomic E-state index is 0.0788. The van der Waals surface area contributed by atoms with Gasteiger partial charge in [0.1, 0.15) is 5.75 Å². The van der Waals surface area contributed by atoms with E-state index >= 15 is 0 Å². The molecule has 1 aromatic rings. The average Bonchev–Trinajstić information content (AvgIpc) is 2.35. The lowest BCUT2D eigenvalue weighted by Crippen LogP contribution is -2.40. The molecule has 6 heteroatoms. The number of halogens is 2. The van der Waals surface area contributed by atoms with Gasteiger partial charge < -0.3 is 15.2 Å². The standard InChI is InChI=1S/C13H17F2NO3/c1-3-13(2,18)8-16-11(17)9-5-4-6-10(7-9)19-12(14)15/h4-7,12,18H,3,8H2,1-2H3,(H,16,17). The second-order valence-electron chi connectivity index (χ2n) is 4.44. The highest BCUT2D eigenvalue weighted by atomic mass is 19.3. The topological polar surface area (TPSA) is 58.6 Å². The van der Waals surface area contributed by atoms with Crippen LogP contribution in [0.3, 0.4) is 0 Å². The fourth-order valence-electron chi connectivity index (χ4n) is 1.31. The summed E-state index contributed by atoms with van der Waals surface area (Å²) in [6.07, 6.45) is 0.488. The van der Waals surface area contributed by atoms with Gasteiger partial charge in [-0.05, 0) is 31.5 Å². The SMILES string of the molecule is CCC(C)(O)CNC(=O)c1cccc(OC(F)F)c1. The first-order chi connectivity index (χ1) is 8.84. The molecule has 1 aromatic carbocycles. The van der Waals surface area contributed by atoms with Crippen molar-refractivity contribution in [3.05, 3.63) is 29.8 Å². The Hall–Kier alpha value is -1.69. The van der Waals surface area contributed by atoms with Crippen LogP contribution in [0.4, 0.5) is 8.78 Å². The molecule has 0 aromatic heterocycles. The summed E-state index contributed by atoms with van der Waals surface area (Å²) in [5.74, 6) is -0.529. The van der Waals surface area contributed by atoms with Gasteiger partial charge >= 0.3 is 6.61 Å². The molecular formula is C13H17F2NO3. The third-order valence-electron chi connectivity index (χ3n) is 2.71. The Morgan fingerprint density at radius 3 is 2.79 bits per heavy atom. The quantitative estimate of drug-likeness (QED) is 0.835. The molecule has 0 fully saturated rings. The first kappa shape index (κ1) is 15.4. The van der Waals surface area contributed by atoms with Gasteiger partial charge in [-0.15, -0.1) is 0 Å². The lowest BCUT2D eigenvalue weighted by Gasteiger charge is -2.21. The van der Waals surface area contributed by atoms with Crippen molar-refractivity contribution in [2.45, 2.75) is 32.5 Å². The van der Waals surface area contributed by atoms with Crippen molar-refractivity contribution in [2.24, 2.45) is 0 Å². The van der Waals surface area contributed by atoms with Gasteiger partial charge in [0, 0.05) is 12.1 Å². The predicted octanol–water partition coefficient (Wildman–Crippen LogP) is 2.18. The van der Waals surface area contributed by atoms with E-state index in [0.29, 0.717) is 6.42 Å². The minimum atomic E-state index is -2.93. The summed E-state index contributed by atoms with van der Waals surface area (Å²) in [6, 6.07) is 5.49. The fraction of sp³-hybridized carbons (Fsp3) is 0.462. The normalized spacial score (nSPS) is 14.0. The molecule has 1 amide bonds. The number of carbonyl (C=O) groups excluding carboxylic acids is 1. The van der Waals surface area contributed by atoms with E-state index in [1.54, 1.807) is 13.8 Å². The second-order valence-corrected chi connectivity index (χ2v) is 4.44. The maximum Gasteiger partial charge on any atom is 0.387 e. The number of alkyl halides is 2. The number of amides is 1. The maximum absolute atomic E-state index is 12.0. The van der Waals surface area contributed by atoms with E-state index < -0.39 is 18.1 Å². The van der Waals surface area contributed by atoms with Crippen LogP contribution in [-0.4, -0.2) is 29.8 Å². The summed E-state index contributed by atoms with van der Waals surface area (Å²) in [6.45, 7) is 0.550. The van der Waals surface area contributed by atoms with Crippen LogP contribution in [0.15, 0.2) is 24.3 Å². The maximum atomic E-state index is 12.0. The summed E-state index contributed by atoms with van der Waals surface area (Å²) < 4.78 is 28.3. The van der Waals surface area contributed by atoms with E-state index in [1.165, 1.54) is 24.3 Å². The molecule has 0 aliphatic rings. The van der Waals surface area contributed by atoms with Crippen LogP contribution in [-0.2, 0) is 0 Å². The molecule has 1 atom stereocenters. The summed E-state index contributed by atoms with van der Waals surface area (Å²) >= 11 is 0. The van der Waals surface area contributed by atoms with Gasteiger partial charge in [-0.1, -0.05) is 13.0 Å². The van der Waals surface area contributed by atoms with Gasteiger partial charge in [-0.25, -0.2) is 0 Å². The fourth-order valence-corrected chi connectivity index (χ4v) is 1.31. The third kappa shape index (κ3) is 5.21. The number of benzene rings is 1. The molecule has 1 rings (SSSR count). The number of hydrogen-bond acceptors (Lipinski definition) is 3. The van der Waals surface area contributed by atoms with Crippen LogP contribution >= 0.6 is 0 Å². The first-order valence-corrected chi connectivity index (χ1v) is 5.89. The largest absolute Gasteiger partial charge is 0.435 e. The van der Waals surface area contributed by atoms with Gasteiger partial charge in [-0.2, -0.15) is 8.78 Å². The Kier molecular flexibility index (Phi) is 5.23. The highest BCUT2D eigenvalue weighted by Crippen LogP contribution is 2.16. The Labute approximate surface area is 110 Å². The monoisotopic (exact) mass is 273 g/mol. The van der Waals surface area contributed by atoms with Crippen LogP contribution in [0.1, 0.15) is 30.6 Å². The Morgan fingerprint density at radius 1 is 1.53 bits per heavy atom. The molecule has 2 N–H and O–H groups in total. The molecule has 106 valence electrons. The Balaban J connectivity index is 2.67.